The van der Waals surface area contributed by atoms with Crippen molar-refractivity contribution in [3.63, 3.8) is 0 Å². The van der Waals surface area contributed by atoms with Crippen LogP contribution in [0, 0.1) is 0 Å². The summed E-state index contributed by atoms with van der Waals surface area (Å²) in [5, 5.41) is 9.91. The van der Waals surface area contributed by atoms with Gasteiger partial charge in [0.15, 0.2) is 0 Å². The molecule has 1 rings (SSSR count). The minimum Gasteiger partial charge on any atom is -0.387 e. The molecule has 0 spiro atoms. The van der Waals surface area contributed by atoms with Gasteiger partial charge in [0.05, 0.1) is 6.10 Å². The van der Waals surface area contributed by atoms with Crippen molar-refractivity contribution in [2.75, 3.05) is 20.1 Å². The zero-order chi connectivity index (χ0) is 11.3. The molecule has 1 atom stereocenters. The molecule has 0 radical (unpaired) electrons. The first-order chi connectivity index (χ1) is 7.17. The number of benzene rings is 1. The van der Waals surface area contributed by atoms with Crippen molar-refractivity contribution in [3.05, 3.63) is 35.4 Å². The Morgan fingerprint density at radius 1 is 1.33 bits per heavy atom. The third kappa shape index (κ3) is 3.63. The number of likely N-dealkylation sites (N-methyl/N-ethyl adjacent to an activating group) is 1. The summed E-state index contributed by atoms with van der Waals surface area (Å²) in [5.41, 5.74) is 7.55. The summed E-state index contributed by atoms with van der Waals surface area (Å²) < 4.78 is 0. The molecule has 0 fully saturated rings. The Balaban J connectivity index is 2.61. The van der Waals surface area contributed by atoms with Gasteiger partial charge in [0, 0.05) is 13.1 Å². The quantitative estimate of drug-likeness (QED) is 0.762. The van der Waals surface area contributed by atoms with Gasteiger partial charge >= 0.3 is 0 Å². The number of nitrogens with two attached hydrogens (primary N) is 1. The molecule has 0 saturated heterocycles. The van der Waals surface area contributed by atoms with E-state index in [2.05, 4.69) is 11.8 Å². The van der Waals surface area contributed by atoms with Gasteiger partial charge in [0.2, 0.25) is 0 Å². The van der Waals surface area contributed by atoms with Crippen LogP contribution in [0.5, 0.6) is 0 Å². The minimum atomic E-state index is -0.415. The van der Waals surface area contributed by atoms with Crippen LogP contribution in [0.2, 0.25) is 0 Å². The Hall–Kier alpha value is -0.900. The van der Waals surface area contributed by atoms with Crippen molar-refractivity contribution in [1.82, 2.24) is 4.90 Å². The molecular weight excluding hydrogens is 188 g/mol. The second-order valence-corrected chi connectivity index (χ2v) is 3.82. The molecule has 0 heterocycles. The Labute approximate surface area is 91.5 Å². The predicted octanol–water partition coefficient (Wildman–Crippen LogP) is 1.13. The molecule has 0 bridgehead atoms. The van der Waals surface area contributed by atoms with Crippen molar-refractivity contribution in [1.29, 1.82) is 0 Å². The van der Waals surface area contributed by atoms with E-state index in [0.29, 0.717) is 13.1 Å². The van der Waals surface area contributed by atoms with E-state index in [1.807, 2.05) is 31.3 Å². The van der Waals surface area contributed by atoms with E-state index < -0.39 is 6.10 Å². The Morgan fingerprint density at radius 3 is 2.40 bits per heavy atom. The highest BCUT2D eigenvalue weighted by Crippen LogP contribution is 2.14. The van der Waals surface area contributed by atoms with Crippen LogP contribution in [0.4, 0.5) is 0 Å². The lowest BCUT2D eigenvalue weighted by Gasteiger charge is -2.19. The fraction of sp³-hybridized carbons (Fsp3) is 0.500. The highest BCUT2D eigenvalue weighted by molar-refractivity contribution is 5.24. The lowest BCUT2D eigenvalue weighted by molar-refractivity contribution is 0.129. The first-order valence-corrected chi connectivity index (χ1v) is 5.33. The molecule has 0 aliphatic rings. The highest BCUT2D eigenvalue weighted by atomic mass is 16.3. The molecule has 3 heteroatoms. The number of aliphatic hydroxyl groups is 1. The van der Waals surface area contributed by atoms with E-state index in [1.165, 1.54) is 0 Å². The summed E-state index contributed by atoms with van der Waals surface area (Å²) in [7, 11) is 2.00. The number of hydrogen-bond donors (Lipinski definition) is 2. The monoisotopic (exact) mass is 208 g/mol. The van der Waals surface area contributed by atoms with Crippen molar-refractivity contribution in [2.45, 2.75) is 19.6 Å². The van der Waals surface area contributed by atoms with Crippen LogP contribution in [0.25, 0.3) is 0 Å². The Bertz CT molecular complexity index is 284. The summed E-state index contributed by atoms with van der Waals surface area (Å²) in [6, 6.07) is 7.81. The summed E-state index contributed by atoms with van der Waals surface area (Å²) in [4.78, 5) is 2.08. The predicted molar refractivity (Wildman–Crippen MR) is 62.5 cm³/mol. The third-order valence-corrected chi connectivity index (χ3v) is 2.62. The van der Waals surface area contributed by atoms with Gasteiger partial charge in [-0.25, -0.2) is 0 Å². The van der Waals surface area contributed by atoms with Gasteiger partial charge in [-0.15, -0.1) is 0 Å². The molecule has 1 aromatic rings. The first kappa shape index (κ1) is 12.2. The molecule has 1 aromatic carbocycles. The molecule has 1 unspecified atom stereocenters. The van der Waals surface area contributed by atoms with Crippen LogP contribution < -0.4 is 5.73 Å². The van der Waals surface area contributed by atoms with Crippen LogP contribution in [0.1, 0.15) is 24.2 Å². The third-order valence-electron chi connectivity index (χ3n) is 2.62. The van der Waals surface area contributed by atoms with Gasteiger partial charge in [0.1, 0.15) is 0 Å². The minimum absolute atomic E-state index is 0.415. The van der Waals surface area contributed by atoms with E-state index in [4.69, 9.17) is 5.73 Å². The molecule has 0 aromatic heterocycles. The van der Waals surface area contributed by atoms with E-state index >= 15 is 0 Å². The van der Waals surface area contributed by atoms with Crippen LogP contribution in [0.3, 0.4) is 0 Å². The van der Waals surface area contributed by atoms with Gasteiger partial charge < -0.3 is 15.7 Å². The van der Waals surface area contributed by atoms with Crippen LogP contribution in [-0.4, -0.2) is 30.1 Å². The fourth-order valence-corrected chi connectivity index (χ4v) is 1.41. The van der Waals surface area contributed by atoms with Crippen LogP contribution in [-0.2, 0) is 6.54 Å². The largest absolute Gasteiger partial charge is 0.387 e. The van der Waals surface area contributed by atoms with Crippen molar-refractivity contribution >= 4 is 0 Å². The zero-order valence-electron chi connectivity index (χ0n) is 9.48. The summed E-state index contributed by atoms with van der Waals surface area (Å²) in [5.74, 6) is 0. The molecule has 0 aliphatic carbocycles. The van der Waals surface area contributed by atoms with Gasteiger partial charge in [-0.05, 0) is 24.7 Å². The van der Waals surface area contributed by atoms with Gasteiger partial charge in [-0.1, -0.05) is 31.2 Å². The maximum atomic E-state index is 9.91. The second-order valence-electron chi connectivity index (χ2n) is 3.82. The standard InChI is InChI=1S/C12H20N2O/c1-3-14(2)9-12(15)11-6-4-10(8-13)5-7-11/h4-7,12,15H,3,8-9,13H2,1-2H3. The smallest absolute Gasteiger partial charge is 0.0916 e. The fourth-order valence-electron chi connectivity index (χ4n) is 1.41. The van der Waals surface area contributed by atoms with E-state index in [0.717, 1.165) is 17.7 Å². The number of nitrogens with zero attached hydrogens (tertiary/aromatic N) is 1. The highest BCUT2D eigenvalue weighted by Gasteiger charge is 2.09. The molecule has 3 N–H and O–H groups in total. The van der Waals surface area contributed by atoms with Gasteiger partial charge in [0.25, 0.3) is 0 Å². The molecule has 3 nitrogen and oxygen atoms in total. The topological polar surface area (TPSA) is 49.5 Å². The van der Waals surface area contributed by atoms with Crippen molar-refractivity contribution < 1.29 is 5.11 Å². The molecule has 84 valence electrons. The SMILES string of the molecule is CCN(C)CC(O)c1ccc(CN)cc1. The molecule has 0 aliphatic heterocycles. The Kier molecular flexibility index (Phi) is 4.75. The first-order valence-electron chi connectivity index (χ1n) is 5.33. The average molecular weight is 208 g/mol. The van der Waals surface area contributed by atoms with E-state index in [-0.39, 0.29) is 0 Å². The van der Waals surface area contributed by atoms with Crippen molar-refractivity contribution in [3.8, 4) is 0 Å². The summed E-state index contributed by atoms with van der Waals surface area (Å²) >= 11 is 0. The molecular formula is C12H20N2O. The maximum Gasteiger partial charge on any atom is 0.0916 e. The van der Waals surface area contributed by atoms with Crippen LogP contribution >= 0.6 is 0 Å². The molecule has 0 saturated carbocycles. The normalized spacial score (nSPS) is 13.1. The summed E-state index contributed by atoms with van der Waals surface area (Å²) in [6.45, 7) is 4.23. The van der Waals surface area contributed by atoms with Gasteiger partial charge in [-0.3, -0.25) is 0 Å². The second kappa shape index (κ2) is 5.85. The average Bonchev–Trinajstić information content (AvgIpc) is 2.29. The lowest BCUT2D eigenvalue weighted by atomic mass is 10.1. The number of rotatable bonds is 5. The summed E-state index contributed by atoms with van der Waals surface area (Å²) in [6.07, 6.45) is -0.415. The number of hydrogen-bond acceptors (Lipinski definition) is 3. The Morgan fingerprint density at radius 2 is 1.93 bits per heavy atom. The van der Waals surface area contributed by atoms with Crippen molar-refractivity contribution in [2.24, 2.45) is 5.73 Å². The number of aliphatic hydroxyl groups excluding tert-OH is 1. The van der Waals surface area contributed by atoms with Gasteiger partial charge in [-0.2, -0.15) is 0 Å². The molecule has 15 heavy (non-hydrogen) atoms. The maximum absolute atomic E-state index is 9.91. The van der Waals surface area contributed by atoms with E-state index in [1.54, 1.807) is 0 Å². The molecule has 0 amide bonds. The van der Waals surface area contributed by atoms with E-state index in [9.17, 15) is 5.11 Å². The lowest BCUT2D eigenvalue weighted by Crippen LogP contribution is -2.24. The van der Waals surface area contributed by atoms with Crippen LogP contribution in [0.15, 0.2) is 24.3 Å². The zero-order valence-corrected chi connectivity index (χ0v) is 9.48.